The predicted octanol–water partition coefficient (Wildman–Crippen LogP) is 8.79. The van der Waals surface area contributed by atoms with Crippen molar-refractivity contribution in [3.63, 3.8) is 0 Å². The Kier molecular flexibility index (Phi) is 12.4. The highest BCUT2D eigenvalue weighted by Crippen LogP contribution is 2.39. The minimum absolute atomic E-state index is 0.0263. The van der Waals surface area contributed by atoms with Crippen LogP contribution in [-0.2, 0) is 43.6 Å². The fraction of sp³-hybridized carbons (Fsp3) is 0.260. The van der Waals surface area contributed by atoms with Crippen LogP contribution in [-0.4, -0.2) is 58.6 Å². The molecule has 10 nitrogen and oxygen atoms in total. The highest BCUT2D eigenvalue weighted by molar-refractivity contribution is 6.06. The molecule has 306 valence electrons. The van der Waals surface area contributed by atoms with E-state index >= 15 is 0 Å². The van der Waals surface area contributed by atoms with Crippen LogP contribution in [0.1, 0.15) is 71.6 Å². The van der Waals surface area contributed by atoms with E-state index in [9.17, 15) is 19.5 Å². The van der Waals surface area contributed by atoms with Gasteiger partial charge in [0, 0.05) is 24.6 Å². The molecule has 0 radical (unpaired) electrons. The number of carbonyl (C=O) groups excluding carboxylic acids is 3. The van der Waals surface area contributed by atoms with Crippen molar-refractivity contribution in [2.75, 3.05) is 13.6 Å². The van der Waals surface area contributed by atoms with Crippen molar-refractivity contribution in [3.05, 3.63) is 179 Å². The van der Waals surface area contributed by atoms with Crippen LogP contribution < -0.4 is 5.32 Å². The van der Waals surface area contributed by atoms with Gasteiger partial charge in [0.1, 0.15) is 12.6 Å². The molecule has 2 aliphatic heterocycles. The number of imide groups is 1. The third kappa shape index (κ3) is 9.33. The number of hydrogen-bond donors (Lipinski definition) is 2. The van der Waals surface area contributed by atoms with Gasteiger partial charge in [-0.1, -0.05) is 140 Å². The van der Waals surface area contributed by atoms with Gasteiger partial charge in [-0.25, -0.2) is 4.79 Å². The Morgan fingerprint density at radius 2 is 1.52 bits per heavy atom. The second-order valence-corrected chi connectivity index (χ2v) is 15.6. The number of aliphatic hydroxyl groups is 1. The zero-order valence-corrected chi connectivity index (χ0v) is 33.8. The summed E-state index contributed by atoms with van der Waals surface area (Å²) < 4.78 is 18.7. The number of likely N-dealkylation sites (tertiary alicyclic amines) is 1. The fourth-order valence-electron chi connectivity index (χ4n) is 8.03. The molecule has 6 aromatic rings. The Bertz CT molecular complexity index is 2440. The van der Waals surface area contributed by atoms with E-state index in [4.69, 9.17) is 14.2 Å². The number of nitrogens with one attached hydrogen (secondary N) is 1. The van der Waals surface area contributed by atoms with Gasteiger partial charge >= 0.3 is 6.09 Å². The molecule has 10 heteroatoms. The van der Waals surface area contributed by atoms with Crippen LogP contribution in [0.15, 0.2) is 146 Å². The predicted molar refractivity (Wildman–Crippen MR) is 229 cm³/mol. The van der Waals surface area contributed by atoms with Crippen molar-refractivity contribution in [2.24, 2.45) is 0 Å². The van der Waals surface area contributed by atoms with Gasteiger partial charge in [0.2, 0.25) is 5.91 Å². The summed E-state index contributed by atoms with van der Waals surface area (Å²) in [5.74, 6) is -0.835. The van der Waals surface area contributed by atoms with Gasteiger partial charge in [0.25, 0.3) is 5.91 Å². The largest absolute Gasteiger partial charge is 0.445 e. The van der Waals surface area contributed by atoms with Crippen molar-refractivity contribution in [1.82, 2.24) is 15.1 Å². The molecule has 0 spiro atoms. The molecule has 3 amide bonds. The molecule has 1 unspecified atom stereocenters. The van der Waals surface area contributed by atoms with Gasteiger partial charge < -0.3 is 24.6 Å². The first-order chi connectivity index (χ1) is 29.2. The summed E-state index contributed by atoms with van der Waals surface area (Å²) in [5, 5.41) is 14.7. The number of ether oxygens (including phenoxy) is 3. The van der Waals surface area contributed by atoms with Crippen LogP contribution in [0.2, 0.25) is 0 Å². The first-order valence-electron chi connectivity index (χ1n) is 20.4. The molecular weight excluding hydrogens is 755 g/mol. The van der Waals surface area contributed by atoms with Crippen LogP contribution in [0.4, 0.5) is 4.79 Å². The van der Waals surface area contributed by atoms with Gasteiger partial charge in [-0.2, -0.15) is 0 Å². The Labute approximate surface area is 350 Å². The van der Waals surface area contributed by atoms with Crippen LogP contribution in [0, 0.1) is 0 Å². The van der Waals surface area contributed by atoms with E-state index in [1.54, 1.807) is 0 Å². The molecule has 5 atom stereocenters. The maximum atomic E-state index is 13.4. The number of hydrogen-bond acceptors (Lipinski definition) is 8. The van der Waals surface area contributed by atoms with Crippen molar-refractivity contribution in [1.29, 1.82) is 0 Å². The molecule has 2 fully saturated rings. The number of alkyl carbamates (subject to hydrolysis) is 1. The number of likely N-dealkylation sites (N-methyl/N-ethyl adjacent to an activating group) is 1. The monoisotopic (exact) mass is 803 g/mol. The summed E-state index contributed by atoms with van der Waals surface area (Å²) in [7, 11) is 2.13. The fourth-order valence-corrected chi connectivity index (χ4v) is 8.03. The van der Waals surface area contributed by atoms with E-state index in [1.807, 2.05) is 103 Å². The lowest BCUT2D eigenvalue weighted by molar-refractivity contribution is -0.253. The molecule has 8 rings (SSSR count). The number of rotatable bonds is 13. The smallest absolute Gasteiger partial charge is 0.408 e. The van der Waals surface area contributed by atoms with Crippen molar-refractivity contribution in [2.45, 2.75) is 70.1 Å². The van der Waals surface area contributed by atoms with E-state index in [0.717, 1.165) is 38.9 Å². The van der Waals surface area contributed by atoms with Crippen LogP contribution in [0.25, 0.3) is 21.9 Å². The van der Waals surface area contributed by atoms with E-state index in [2.05, 4.69) is 66.7 Å². The van der Waals surface area contributed by atoms with Gasteiger partial charge in [0.15, 0.2) is 6.29 Å². The Morgan fingerprint density at radius 3 is 2.28 bits per heavy atom. The number of aliphatic hydroxyl groups excluding tert-OH is 1. The van der Waals surface area contributed by atoms with E-state index < -0.39 is 24.3 Å². The third-order valence-electron chi connectivity index (χ3n) is 11.6. The van der Waals surface area contributed by atoms with E-state index in [1.165, 1.54) is 21.2 Å². The SMILES string of the molecule is C[C@H](c1ccc2ccccc2c1)N(C)C[C@@H]1C[C@H](c2ccc(CO)cc2)O[C@H](c2ccc(-c3ccccc3CN3C(=O)CC(NC(=O)OCc4ccccc4)C3=O)cc2)O1. The topological polar surface area (TPSA) is 118 Å². The van der Waals surface area contributed by atoms with Crippen molar-refractivity contribution < 1.29 is 33.7 Å². The molecule has 2 N–H and O–H groups in total. The number of nitrogens with zero attached hydrogens (tertiary/aromatic N) is 2. The number of fused-ring (bicyclic) bond motifs is 1. The molecule has 0 saturated carbocycles. The molecule has 2 saturated heterocycles. The average molecular weight is 804 g/mol. The summed E-state index contributed by atoms with van der Waals surface area (Å²) in [6.07, 6.45) is -1.23. The van der Waals surface area contributed by atoms with Crippen molar-refractivity contribution in [3.8, 4) is 11.1 Å². The summed E-state index contributed by atoms with van der Waals surface area (Å²) in [5.41, 5.74) is 7.34. The molecule has 0 aliphatic carbocycles. The molecule has 2 aliphatic rings. The normalized spacial score (nSPS) is 19.8. The molecule has 6 aromatic carbocycles. The van der Waals surface area contributed by atoms with Crippen LogP contribution in [0.5, 0.6) is 0 Å². The van der Waals surface area contributed by atoms with E-state index in [-0.39, 0.29) is 50.3 Å². The maximum absolute atomic E-state index is 13.4. The quantitative estimate of drug-likeness (QED) is 0.111. The lowest BCUT2D eigenvalue weighted by atomic mass is 9.97. The maximum Gasteiger partial charge on any atom is 0.408 e. The molecular formula is C50H49N3O7. The highest BCUT2D eigenvalue weighted by Gasteiger charge is 2.40. The van der Waals surface area contributed by atoms with Gasteiger partial charge in [-0.15, -0.1) is 0 Å². The van der Waals surface area contributed by atoms with Gasteiger partial charge in [-0.05, 0) is 69.8 Å². The number of amides is 3. The summed E-state index contributed by atoms with van der Waals surface area (Å²) in [6.45, 7) is 2.99. The Balaban J connectivity index is 0.959. The molecule has 60 heavy (non-hydrogen) atoms. The van der Waals surface area contributed by atoms with Gasteiger partial charge in [0.05, 0.1) is 31.8 Å². The Hall–Kier alpha value is -6.17. The number of carbonyl (C=O) groups is 3. The second kappa shape index (κ2) is 18.4. The minimum atomic E-state index is -0.996. The average Bonchev–Trinajstić information content (AvgIpc) is 3.55. The third-order valence-corrected chi connectivity index (χ3v) is 11.6. The molecule has 0 bridgehead atoms. The standard InChI is InChI=1S/C50H49N3O7/c1-33(40-25-20-36-12-6-7-13-41(36)26-40)52(2)30-43-27-46(38-18-16-34(31-54)17-19-38)60-49(59-43)39-23-21-37(22-24-39)44-15-9-8-14-42(44)29-53-47(55)28-45(48(53)56)51-50(57)58-32-35-10-4-3-5-11-35/h3-26,33,43,45-46,49,54H,27-32H2,1-2H3,(H,51,57)/t33-,43+,45?,46-,49-/m1/s1. The minimum Gasteiger partial charge on any atom is -0.445 e. The highest BCUT2D eigenvalue weighted by atomic mass is 16.7. The lowest BCUT2D eigenvalue weighted by Gasteiger charge is -2.39. The van der Waals surface area contributed by atoms with Gasteiger partial charge in [-0.3, -0.25) is 19.4 Å². The molecule has 0 aromatic heterocycles. The van der Waals surface area contributed by atoms with E-state index in [0.29, 0.717) is 13.0 Å². The zero-order chi connectivity index (χ0) is 41.6. The van der Waals surface area contributed by atoms with Crippen LogP contribution >= 0.6 is 0 Å². The summed E-state index contributed by atoms with van der Waals surface area (Å²) in [6, 6.07) is 47.0. The number of benzene rings is 6. The summed E-state index contributed by atoms with van der Waals surface area (Å²) in [4.78, 5) is 42.6. The second-order valence-electron chi connectivity index (χ2n) is 15.6. The molecule has 2 heterocycles. The first-order valence-corrected chi connectivity index (χ1v) is 20.4. The zero-order valence-electron chi connectivity index (χ0n) is 33.8. The first kappa shape index (κ1) is 40.6. The summed E-state index contributed by atoms with van der Waals surface area (Å²) >= 11 is 0. The Morgan fingerprint density at radius 1 is 0.817 bits per heavy atom. The van der Waals surface area contributed by atoms with Crippen LogP contribution in [0.3, 0.4) is 0 Å². The lowest BCUT2D eigenvalue weighted by Crippen LogP contribution is -2.41. The van der Waals surface area contributed by atoms with Crippen molar-refractivity contribution >= 4 is 28.7 Å².